The number of fused-ring (bicyclic) bond motifs is 1. The molecule has 1 heterocycles. The Bertz CT molecular complexity index is 857. The van der Waals surface area contributed by atoms with Crippen molar-refractivity contribution < 1.29 is 19.0 Å². The Morgan fingerprint density at radius 1 is 0.968 bits per heavy atom. The summed E-state index contributed by atoms with van der Waals surface area (Å²) in [6.07, 6.45) is 2.79. The van der Waals surface area contributed by atoms with Gasteiger partial charge in [-0.2, -0.15) is 0 Å². The second-order valence-electron chi connectivity index (χ2n) is 7.66. The highest BCUT2D eigenvalue weighted by Gasteiger charge is 2.26. The van der Waals surface area contributed by atoms with Crippen molar-refractivity contribution in [2.24, 2.45) is 0 Å². The third-order valence-corrected chi connectivity index (χ3v) is 5.69. The van der Waals surface area contributed by atoms with Crippen molar-refractivity contribution in [3.8, 4) is 17.2 Å². The SMILES string of the molecule is COc1ccc(CCN(C)CCCN2CCc3cc(OC)c(OC)cc3C2=O)cc1.Cl. The van der Waals surface area contributed by atoms with Crippen LogP contribution in [-0.2, 0) is 12.8 Å². The number of ether oxygens (including phenoxy) is 3. The van der Waals surface area contributed by atoms with Crippen LogP contribution in [0.25, 0.3) is 0 Å². The van der Waals surface area contributed by atoms with E-state index in [-0.39, 0.29) is 18.3 Å². The standard InChI is InChI=1S/C24H32N2O4.ClH/c1-25(14-10-18-6-8-20(28-2)9-7-18)12-5-13-26-15-11-19-16-22(29-3)23(30-4)17-21(19)24(26)27;/h6-9,16-17H,5,10-15H2,1-4H3;1H. The predicted octanol–water partition coefficient (Wildman–Crippen LogP) is 3.70. The molecule has 2 aromatic rings. The molecule has 2 aromatic carbocycles. The highest BCUT2D eigenvalue weighted by molar-refractivity contribution is 5.97. The minimum atomic E-state index is 0. The molecule has 3 rings (SSSR count). The molecule has 7 heteroatoms. The number of nitrogens with zero attached hydrogens (tertiary/aromatic N) is 2. The van der Waals surface area contributed by atoms with E-state index in [0.29, 0.717) is 11.5 Å². The molecule has 0 saturated heterocycles. The summed E-state index contributed by atoms with van der Waals surface area (Å²) in [5.74, 6) is 2.25. The van der Waals surface area contributed by atoms with Gasteiger partial charge in [-0.25, -0.2) is 0 Å². The lowest BCUT2D eigenvalue weighted by atomic mass is 9.98. The van der Waals surface area contributed by atoms with Gasteiger partial charge >= 0.3 is 0 Å². The van der Waals surface area contributed by atoms with Crippen LogP contribution in [0.15, 0.2) is 36.4 Å². The number of hydrogen-bond donors (Lipinski definition) is 0. The first kappa shape index (κ1) is 24.8. The Labute approximate surface area is 191 Å². The van der Waals surface area contributed by atoms with E-state index in [1.807, 2.05) is 29.2 Å². The van der Waals surface area contributed by atoms with Gasteiger partial charge in [0.1, 0.15) is 5.75 Å². The summed E-state index contributed by atoms with van der Waals surface area (Å²) >= 11 is 0. The Morgan fingerprint density at radius 3 is 2.29 bits per heavy atom. The number of rotatable bonds is 10. The van der Waals surface area contributed by atoms with Crippen molar-refractivity contribution in [1.82, 2.24) is 9.80 Å². The van der Waals surface area contributed by atoms with Gasteiger partial charge in [-0.15, -0.1) is 12.4 Å². The fraction of sp³-hybridized carbons (Fsp3) is 0.458. The average Bonchev–Trinajstić information content (AvgIpc) is 2.78. The molecule has 0 fully saturated rings. The van der Waals surface area contributed by atoms with Gasteiger partial charge in [-0.3, -0.25) is 4.79 Å². The first-order valence-corrected chi connectivity index (χ1v) is 10.4. The van der Waals surface area contributed by atoms with Crippen molar-refractivity contribution in [2.75, 3.05) is 54.6 Å². The van der Waals surface area contributed by atoms with Gasteiger partial charge in [-0.1, -0.05) is 12.1 Å². The van der Waals surface area contributed by atoms with E-state index in [1.165, 1.54) is 5.56 Å². The highest BCUT2D eigenvalue weighted by Crippen LogP contribution is 2.33. The van der Waals surface area contributed by atoms with Gasteiger partial charge in [0.25, 0.3) is 5.91 Å². The van der Waals surface area contributed by atoms with Crippen LogP contribution in [0, 0.1) is 0 Å². The average molecular weight is 449 g/mol. The number of methoxy groups -OCH3 is 3. The van der Waals surface area contributed by atoms with Crippen LogP contribution < -0.4 is 14.2 Å². The Kier molecular flexibility index (Phi) is 9.46. The predicted molar refractivity (Wildman–Crippen MR) is 125 cm³/mol. The monoisotopic (exact) mass is 448 g/mol. The van der Waals surface area contributed by atoms with Crippen molar-refractivity contribution in [2.45, 2.75) is 19.3 Å². The van der Waals surface area contributed by atoms with E-state index >= 15 is 0 Å². The molecular weight excluding hydrogens is 416 g/mol. The van der Waals surface area contributed by atoms with Crippen molar-refractivity contribution in [3.05, 3.63) is 53.1 Å². The summed E-state index contributed by atoms with van der Waals surface area (Å²) < 4.78 is 15.9. The zero-order valence-electron chi connectivity index (χ0n) is 18.8. The third-order valence-electron chi connectivity index (χ3n) is 5.69. The Morgan fingerprint density at radius 2 is 1.65 bits per heavy atom. The Balaban J connectivity index is 0.00000341. The number of benzene rings is 2. The maximum atomic E-state index is 12.9. The molecule has 0 N–H and O–H groups in total. The summed E-state index contributed by atoms with van der Waals surface area (Å²) in [5.41, 5.74) is 3.06. The summed E-state index contributed by atoms with van der Waals surface area (Å²) in [6, 6.07) is 12.0. The molecule has 31 heavy (non-hydrogen) atoms. The minimum Gasteiger partial charge on any atom is -0.497 e. The normalized spacial score (nSPS) is 12.9. The first-order valence-electron chi connectivity index (χ1n) is 10.4. The van der Waals surface area contributed by atoms with Crippen LogP contribution in [-0.4, -0.2) is 70.3 Å². The molecule has 1 amide bonds. The molecule has 0 saturated carbocycles. The largest absolute Gasteiger partial charge is 0.497 e. The second-order valence-corrected chi connectivity index (χ2v) is 7.66. The number of amides is 1. The van der Waals surface area contributed by atoms with Crippen molar-refractivity contribution in [3.63, 3.8) is 0 Å². The van der Waals surface area contributed by atoms with Crippen molar-refractivity contribution >= 4 is 18.3 Å². The van der Waals surface area contributed by atoms with Crippen LogP contribution in [0.4, 0.5) is 0 Å². The van der Waals surface area contributed by atoms with E-state index in [4.69, 9.17) is 14.2 Å². The van der Waals surface area contributed by atoms with E-state index in [1.54, 1.807) is 21.3 Å². The zero-order valence-corrected chi connectivity index (χ0v) is 19.7. The topological polar surface area (TPSA) is 51.2 Å². The van der Waals surface area contributed by atoms with Gasteiger partial charge in [-0.05, 0) is 68.2 Å². The van der Waals surface area contributed by atoms with Crippen LogP contribution >= 0.6 is 12.4 Å². The fourth-order valence-electron chi connectivity index (χ4n) is 3.82. The third kappa shape index (κ3) is 6.28. The first-order chi connectivity index (χ1) is 14.5. The van der Waals surface area contributed by atoms with E-state index in [9.17, 15) is 4.79 Å². The number of hydrogen-bond acceptors (Lipinski definition) is 5. The molecule has 170 valence electrons. The summed E-state index contributed by atoms with van der Waals surface area (Å²) in [6.45, 7) is 3.45. The Hall–Kier alpha value is -2.44. The summed E-state index contributed by atoms with van der Waals surface area (Å²) in [4.78, 5) is 17.2. The fourth-order valence-corrected chi connectivity index (χ4v) is 3.82. The van der Waals surface area contributed by atoms with E-state index in [0.717, 1.165) is 62.3 Å². The molecule has 0 radical (unpaired) electrons. The van der Waals surface area contributed by atoms with Gasteiger partial charge in [0.15, 0.2) is 11.5 Å². The lowest BCUT2D eigenvalue weighted by Crippen LogP contribution is -2.39. The lowest BCUT2D eigenvalue weighted by molar-refractivity contribution is 0.0732. The van der Waals surface area contributed by atoms with E-state index < -0.39 is 0 Å². The van der Waals surface area contributed by atoms with Gasteiger partial charge in [0, 0.05) is 25.2 Å². The quantitative estimate of drug-likeness (QED) is 0.554. The van der Waals surface area contributed by atoms with Crippen LogP contribution in [0.2, 0.25) is 0 Å². The maximum absolute atomic E-state index is 12.9. The van der Waals surface area contributed by atoms with E-state index in [2.05, 4.69) is 24.1 Å². The molecule has 0 unspecified atom stereocenters. The maximum Gasteiger partial charge on any atom is 0.254 e. The molecule has 0 atom stereocenters. The number of carbonyl (C=O) groups excluding carboxylic acids is 1. The van der Waals surface area contributed by atoms with Gasteiger partial charge in [0.2, 0.25) is 0 Å². The number of likely N-dealkylation sites (N-methyl/N-ethyl adjacent to an activating group) is 1. The van der Waals surface area contributed by atoms with Crippen molar-refractivity contribution in [1.29, 1.82) is 0 Å². The molecule has 0 bridgehead atoms. The molecule has 1 aliphatic heterocycles. The number of halogens is 1. The minimum absolute atomic E-state index is 0. The summed E-state index contributed by atoms with van der Waals surface area (Å²) in [5, 5.41) is 0. The zero-order chi connectivity index (χ0) is 21.5. The van der Waals surface area contributed by atoms with Crippen LogP contribution in [0.5, 0.6) is 17.2 Å². The molecule has 0 aliphatic carbocycles. The molecular formula is C24H33ClN2O4. The van der Waals surface area contributed by atoms with Crippen LogP contribution in [0.1, 0.15) is 27.9 Å². The highest BCUT2D eigenvalue weighted by atomic mass is 35.5. The molecule has 6 nitrogen and oxygen atoms in total. The van der Waals surface area contributed by atoms with Gasteiger partial charge < -0.3 is 24.0 Å². The second kappa shape index (κ2) is 11.8. The molecule has 0 aromatic heterocycles. The smallest absolute Gasteiger partial charge is 0.254 e. The van der Waals surface area contributed by atoms with Gasteiger partial charge in [0.05, 0.1) is 21.3 Å². The number of carbonyl (C=O) groups is 1. The van der Waals surface area contributed by atoms with Crippen LogP contribution in [0.3, 0.4) is 0 Å². The lowest BCUT2D eigenvalue weighted by Gasteiger charge is -2.30. The molecule has 1 aliphatic rings. The summed E-state index contributed by atoms with van der Waals surface area (Å²) in [7, 11) is 7.03. The molecule has 0 spiro atoms.